The molecule has 0 bridgehead atoms. The summed E-state index contributed by atoms with van der Waals surface area (Å²) in [6.07, 6.45) is 0.565. The van der Waals surface area contributed by atoms with Crippen LogP contribution in [0.1, 0.15) is 22.3 Å². The van der Waals surface area contributed by atoms with E-state index in [-0.39, 0.29) is 64.4 Å². The van der Waals surface area contributed by atoms with Gasteiger partial charge in [0.25, 0.3) is 0 Å². The predicted molar refractivity (Wildman–Crippen MR) is 176 cm³/mol. The van der Waals surface area contributed by atoms with Gasteiger partial charge in [-0.3, -0.25) is 14.2 Å². The van der Waals surface area contributed by atoms with E-state index in [1.165, 1.54) is 42.5 Å². The summed E-state index contributed by atoms with van der Waals surface area (Å²) in [6, 6.07) is 19.2. The van der Waals surface area contributed by atoms with Gasteiger partial charge in [-0.1, -0.05) is 12.1 Å². The van der Waals surface area contributed by atoms with Crippen LogP contribution in [0.25, 0.3) is 33.4 Å². The van der Waals surface area contributed by atoms with Crippen molar-refractivity contribution in [1.82, 2.24) is 10.6 Å². The van der Waals surface area contributed by atoms with Crippen molar-refractivity contribution in [1.29, 1.82) is 0 Å². The van der Waals surface area contributed by atoms with E-state index in [1.807, 2.05) is 0 Å². The molecule has 2 aliphatic rings. The van der Waals surface area contributed by atoms with Crippen LogP contribution < -0.4 is 30.8 Å². The number of phosphoric acid groups is 1. The van der Waals surface area contributed by atoms with Crippen LogP contribution in [0.2, 0.25) is 0 Å². The molecule has 0 radical (unpaired) electrons. The Kier molecular flexibility index (Phi) is 9.87. The van der Waals surface area contributed by atoms with E-state index in [9.17, 15) is 34.1 Å². The van der Waals surface area contributed by atoms with Crippen molar-refractivity contribution in [2.45, 2.75) is 12.8 Å². The van der Waals surface area contributed by atoms with Crippen LogP contribution in [0.3, 0.4) is 0 Å². The van der Waals surface area contributed by atoms with Gasteiger partial charge < -0.3 is 44.9 Å². The van der Waals surface area contributed by atoms with E-state index in [4.69, 9.17) is 21.5 Å². The first-order valence-electron chi connectivity index (χ1n) is 14.1. The number of benzene rings is 4. The van der Waals surface area contributed by atoms with Crippen molar-refractivity contribution in [3.05, 3.63) is 100 Å². The largest absolute Gasteiger partial charge is 0.746 e. The third-order valence-electron chi connectivity index (χ3n) is 6.97. The zero-order valence-electron chi connectivity index (χ0n) is 24.4. The number of carbonyl (C=O) groups excluding carboxylic acids is 1. The molecule has 0 saturated carbocycles. The van der Waals surface area contributed by atoms with Gasteiger partial charge in [0.1, 0.15) is 22.8 Å². The quantitative estimate of drug-likeness (QED) is 0.0509. The highest BCUT2D eigenvalue weighted by molar-refractivity contribution is 7.80. The van der Waals surface area contributed by atoms with Crippen LogP contribution in [0.4, 0.5) is 5.69 Å². The number of phenols is 1. The number of amides is 1. The van der Waals surface area contributed by atoms with Crippen LogP contribution in [0.15, 0.2) is 88.1 Å². The highest BCUT2D eigenvalue weighted by atomic mass is 32.1. The van der Waals surface area contributed by atoms with Crippen LogP contribution >= 0.6 is 20.0 Å². The minimum Gasteiger partial charge on any atom is -0.746 e. The number of aromatic hydroxyl groups is 1. The predicted octanol–water partition coefficient (Wildman–Crippen LogP) is 3.84. The molecule has 15 heteroatoms. The number of phenolic OH excluding ortho intramolecular Hbond substituents is 1. The molecule has 1 unspecified atom stereocenters. The number of carboxylic acids is 1. The van der Waals surface area contributed by atoms with E-state index < -0.39 is 13.8 Å². The smallest absolute Gasteiger partial charge is 0.336 e. The van der Waals surface area contributed by atoms with E-state index in [0.29, 0.717) is 34.2 Å². The molecule has 3 aromatic carbocycles. The molecule has 1 atom stereocenters. The number of aryl methyl sites for hydroxylation is 1. The van der Waals surface area contributed by atoms with E-state index in [0.717, 1.165) is 5.56 Å². The Morgan fingerprint density at radius 3 is 2.40 bits per heavy atom. The molecular weight excluding hydrogens is 649 g/mol. The third kappa shape index (κ3) is 8.51. The topological polar surface area (TPSA) is 210 Å². The second kappa shape index (κ2) is 14.0. The molecule has 1 aliphatic heterocycles. The molecule has 13 nitrogen and oxygen atoms in total. The lowest BCUT2D eigenvalue weighted by molar-refractivity contribution is -0.211. The number of nitrogens with one attached hydrogen (secondary N) is 3. The average Bonchev–Trinajstić information content (AvgIpc) is 3.00. The summed E-state index contributed by atoms with van der Waals surface area (Å²) in [4.78, 5) is 56.2. The fraction of sp³-hybridized carbons (Fsp3) is 0.125. The number of carbonyl (C=O) groups is 2. The second-order valence-electron chi connectivity index (χ2n) is 10.3. The maximum absolute atomic E-state index is 12.3. The number of rotatable bonds is 11. The molecule has 0 fully saturated rings. The molecule has 1 amide bonds. The standard InChI is InChI=1S/C32H28N3O10PS/c36-20-5-10-24-27(16-20)44-28-17-21(37)6-11-25(28)30(24)26-15-19(4-9-23(26)31(39)40)35-32(47)34-14-13-33-29(38)12-3-18-1-7-22(8-2-18)45-46(41,42)43/h1-2,4-11,15-17,36H,3,12-14H2,(H,33,38)(H,39,40)(H2,34,35,47)(H2,41,42,43)/p-1. The lowest BCUT2D eigenvalue weighted by Crippen LogP contribution is -2.36. The SMILES string of the molecule is O=C(CCc1ccc(OP(=O)([O-])O)cc1)NCCNC(=S)Nc1ccc(C(=O)O)c(-c2c3ccc(=O)cc-3oc3cc(O)ccc23)c1. The molecule has 6 N–H and O–H groups in total. The Morgan fingerprint density at radius 1 is 0.936 bits per heavy atom. The summed E-state index contributed by atoms with van der Waals surface area (Å²) in [5, 5.41) is 29.6. The van der Waals surface area contributed by atoms with Crippen LogP contribution in [0, 0.1) is 0 Å². The molecule has 1 heterocycles. The first kappa shape index (κ1) is 33.1. The number of phosphoric ester groups is 1. The Bertz CT molecular complexity index is 2060. The van der Waals surface area contributed by atoms with Crippen molar-refractivity contribution in [3.63, 3.8) is 0 Å². The summed E-state index contributed by atoms with van der Waals surface area (Å²) in [6.45, 7) is 0.544. The molecule has 0 spiro atoms. The zero-order valence-corrected chi connectivity index (χ0v) is 26.1. The van der Waals surface area contributed by atoms with Gasteiger partial charge in [0.15, 0.2) is 10.5 Å². The summed E-state index contributed by atoms with van der Waals surface area (Å²) in [5.41, 5.74) is 2.52. The zero-order chi connectivity index (χ0) is 33.7. The van der Waals surface area contributed by atoms with Gasteiger partial charge in [-0.25, -0.2) is 4.79 Å². The van der Waals surface area contributed by atoms with Gasteiger partial charge in [-0.2, -0.15) is 0 Å². The lowest BCUT2D eigenvalue weighted by Gasteiger charge is -2.18. The van der Waals surface area contributed by atoms with Gasteiger partial charge >= 0.3 is 13.8 Å². The number of fused-ring (bicyclic) bond motifs is 2. The Labute approximate surface area is 272 Å². The third-order valence-corrected chi connectivity index (χ3v) is 7.66. The minimum absolute atomic E-state index is 0.00655. The van der Waals surface area contributed by atoms with Gasteiger partial charge in [-0.15, -0.1) is 0 Å². The van der Waals surface area contributed by atoms with Crippen LogP contribution in [0.5, 0.6) is 11.5 Å². The van der Waals surface area contributed by atoms with Crippen molar-refractivity contribution >= 4 is 53.7 Å². The Morgan fingerprint density at radius 2 is 1.68 bits per heavy atom. The van der Waals surface area contributed by atoms with Crippen molar-refractivity contribution in [2.24, 2.45) is 0 Å². The Balaban J connectivity index is 1.22. The minimum atomic E-state index is -4.89. The summed E-state index contributed by atoms with van der Waals surface area (Å²) >= 11 is 5.41. The van der Waals surface area contributed by atoms with Crippen LogP contribution in [-0.4, -0.2) is 45.2 Å². The summed E-state index contributed by atoms with van der Waals surface area (Å²) in [7, 11) is -4.89. The molecule has 5 rings (SSSR count). The molecule has 0 aromatic heterocycles. The number of hydrogen-bond acceptors (Lipinski definition) is 9. The maximum Gasteiger partial charge on any atom is 0.336 e. The molecule has 1 aliphatic carbocycles. The highest BCUT2D eigenvalue weighted by Crippen LogP contribution is 2.42. The van der Waals surface area contributed by atoms with Crippen molar-refractivity contribution in [3.8, 4) is 33.9 Å². The number of carboxylic acid groups (broad SMARTS) is 1. The highest BCUT2D eigenvalue weighted by Gasteiger charge is 2.22. The molecule has 242 valence electrons. The van der Waals surface area contributed by atoms with Gasteiger partial charge in [0.05, 0.1) is 5.56 Å². The normalized spacial score (nSPS) is 12.3. The van der Waals surface area contributed by atoms with Gasteiger partial charge in [0, 0.05) is 53.8 Å². The second-order valence-corrected chi connectivity index (χ2v) is 11.8. The molecule has 47 heavy (non-hydrogen) atoms. The monoisotopic (exact) mass is 676 g/mol. The van der Waals surface area contributed by atoms with Crippen molar-refractivity contribution in [2.75, 3.05) is 18.4 Å². The first-order valence-corrected chi connectivity index (χ1v) is 16.0. The molecule has 3 aromatic rings. The van der Waals surface area contributed by atoms with E-state index >= 15 is 0 Å². The fourth-order valence-corrected chi connectivity index (χ4v) is 5.52. The number of anilines is 1. The number of hydrogen-bond donors (Lipinski definition) is 6. The fourth-order valence-electron chi connectivity index (χ4n) is 4.91. The van der Waals surface area contributed by atoms with Crippen LogP contribution in [-0.2, 0) is 15.8 Å². The average molecular weight is 677 g/mol. The summed E-state index contributed by atoms with van der Waals surface area (Å²) < 4.78 is 21.1. The maximum atomic E-state index is 12.3. The van der Waals surface area contributed by atoms with E-state index in [1.54, 1.807) is 36.4 Å². The Hall–Kier alpha value is -5.27. The first-order chi connectivity index (χ1) is 22.4. The van der Waals surface area contributed by atoms with Crippen molar-refractivity contribution < 1.29 is 43.1 Å². The molecule has 0 saturated heterocycles. The van der Waals surface area contributed by atoms with E-state index in [2.05, 4.69) is 20.5 Å². The number of aromatic carboxylic acids is 1. The number of thiocarbonyl (C=S) groups is 1. The van der Waals surface area contributed by atoms with Gasteiger partial charge in [0.2, 0.25) is 5.91 Å². The summed E-state index contributed by atoms with van der Waals surface area (Å²) in [5.74, 6) is -1.27. The van der Waals surface area contributed by atoms with Gasteiger partial charge in [-0.05, 0) is 84.4 Å². The lowest BCUT2D eigenvalue weighted by atomic mass is 9.90. The molecular formula is C32H27N3O10PS-.